The van der Waals surface area contributed by atoms with Crippen LogP contribution in [0.4, 0.5) is 11.4 Å². The standard InChI is InChI=1S/C27H26N2O/c1-2-3-20-30-27-19-18-22-12-10-11-17-25(22)26(27)21-28-29(23-13-6-4-7-14-23)24-15-8-5-9-16-24/h4-19,21H,2-3,20H2,1H3/b28-21-. The summed E-state index contributed by atoms with van der Waals surface area (Å²) >= 11 is 0. The Kier molecular flexibility index (Phi) is 6.41. The molecule has 0 N–H and O–H groups in total. The zero-order valence-electron chi connectivity index (χ0n) is 17.2. The van der Waals surface area contributed by atoms with E-state index in [9.17, 15) is 0 Å². The number of anilines is 2. The number of unbranched alkanes of at least 4 members (excludes halogenated alkanes) is 1. The maximum Gasteiger partial charge on any atom is 0.128 e. The summed E-state index contributed by atoms with van der Waals surface area (Å²) in [5.74, 6) is 0.868. The number of rotatable bonds is 8. The average Bonchev–Trinajstić information content (AvgIpc) is 2.81. The second-order valence-electron chi connectivity index (χ2n) is 7.13. The van der Waals surface area contributed by atoms with Gasteiger partial charge in [0.15, 0.2) is 0 Å². The van der Waals surface area contributed by atoms with Crippen LogP contribution in [-0.4, -0.2) is 12.8 Å². The van der Waals surface area contributed by atoms with Gasteiger partial charge in [0.05, 0.1) is 24.2 Å². The molecule has 0 saturated carbocycles. The molecule has 0 aliphatic carbocycles. The van der Waals surface area contributed by atoms with Gasteiger partial charge in [0.25, 0.3) is 0 Å². The Bertz CT molecular complexity index is 1070. The number of benzene rings is 4. The van der Waals surface area contributed by atoms with Crippen LogP contribution in [0.3, 0.4) is 0 Å². The van der Waals surface area contributed by atoms with E-state index in [1.165, 1.54) is 5.39 Å². The van der Waals surface area contributed by atoms with Crippen LogP contribution in [-0.2, 0) is 0 Å². The summed E-state index contributed by atoms with van der Waals surface area (Å²) in [7, 11) is 0. The summed E-state index contributed by atoms with van der Waals surface area (Å²) in [6.45, 7) is 2.88. The number of fused-ring (bicyclic) bond motifs is 1. The lowest BCUT2D eigenvalue weighted by atomic mass is 10.0. The molecule has 3 heteroatoms. The molecule has 0 atom stereocenters. The van der Waals surface area contributed by atoms with Crippen LogP contribution >= 0.6 is 0 Å². The van der Waals surface area contributed by atoms with Gasteiger partial charge in [0.2, 0.25) is 0 Å². The molecule has 0 heterocycles. The van der Waals surface area contributed by atoms with E-state index >= 15 is 0 Å². The van der Waals surface area contributed by atoms with Crippen molar-refractivity contribution in [3.8, 4) is 5.75 Å². The van der Waals surface area contributed by atoms with Gasteiger partial charge in [-0.05, 0) is 47.5 Å². The van der Waals surface area contributed by atoms with Crippen molar-refractivity contribution >= 4 is 28.4 Å². The van der Waals surface area contributed by atoms with Crippen molar-refractivity contribution in [2.45, 2.75) is 19.8 Å². The molecule has 0 aliphatic heterocycles. The molecule has 0 spiro atoms. The first-order chi connectivity index (χ1) is 14.9. The average molecular weight is 395 g/mol. The Morgan fingerprint density at radius 3 is 2.07 bits per heavy atom. The van der Waals surface area contributed by atoms with E-state index in [0.717, 1.165) is 40.9 Å². The molecular formula is C27H26N2O. The van der Waals surface area contributed by atoms with E-state index in [0.29, 0.717) is 6.61 Å². The van der Waals surface area contributed by atoms with Crippen LogP contribution in [0, 0.1) is 0 Å². The van der Waals surface area contributed by atoms with Crippen LogP contribution in [0.15, 0.2) is 102 Å². The maximum absolute atomic E-state index is 6.12. The molecule has 0 aliphatic rings. The van der Waals surface area contributed by atoms with Crippen molar-refractivity contribution in [3.05, 3.63) is 103 Å². The molecule has 0 bridgehead atoms. The minimum absolute atomic E-state index is 0.705. The quantitative estimate of drug-likeness (QED) is 0.179. The number of nitrogens with zero attached hydrogens (tertiary/aromatic N) is 2. The molecule has 0 saturated heterocycles. The van der Waals surface area contributed by atoms with E-state index in [4.69, 9.17) is 9.84 Å². The second-order valence-corrected chi connectivity index (χ2v) is 7.13. The Morgan fingerprint density at radius 2 is 1.40 bits per heavy atom. The van der Waals surface area contributed by atoms with Gasteiger partial charge in [-0.3, -0.25) is 0 Å². The number of ether oxygens (including phenoxy) is 1. The first-order valence-electron chi connectivity index (χ1n) is 10.5. The summed E-state index contributed by atoms with van der Waals surface area (Å²) in [5, 5.41) is 9.17. The van der Waals surface area contributed by atoms with E-state index in [2.05, 4.69) is 67.6 Å². The Balaban J connectivity index is 1.77. The molecule has 0 amide bonds. The third-order valence-corrected chi connectivity index (χ3v) is 4.99. The van der Waals surface area contributed by atoms with Gasteiger partial charge >= 0.3 is 0 Å². The number of para-hydroxylation sites is 2. The summed E-state index contributed by atoms with van der Waals surface area (Å²) in [5.41, 5.74) is 3.02. The van der Waals surface area contributed by atoms with Crippen molar-refractivity contribution < 1.29 is 4.74 Å². The van der Waals surface area contributed by atoms with Gasteiger partial charge in [-0.25, -0.2) is 5.01 Å². The SMILES string of the molecule is CCCCOc1ccc2ccccc2c1/C=N\N(c1ccccc1)c1ccccc1. The first kappa shape index (κ1) is 19.7. The van der Waals surface area contributed by atoms with E-state index in [-0.39, 0.29) is 0 Å². The van der Waals surface area contributed by atoms with Crippen molar-refractivity contribution in [3.63, 3.8) is 0 Å². The number of hydrogen-bond donors (Lipinski definition) is 0. The highest BCUT2D eigenvalue weighted by Crippen LogP contribution is 2.29. The highest BCUT2D eigenvalue weighted by molar-refractivity contribution is 6.02. The number of hydrazone groups is 1. The Labute approximate surface area is 178 Å². The van der Waals surface area contributed by atoms with E-state index in [1.54, 1.807) is 0 Å². The summed E-state index contributed by atoms with van der Waals surface area (Å²) in [6.07, 6.45) is 4.06. The van der Waals surface area contributed by atoms with Gasteiger partial charge < -0.3 is 4.74 Å². The van der Waals surface area contributed by atoms with Crippen molar-refractivity contribution in [2.24, 2.45) is 5.10 Å². The Hall–Kier alpha value is -3.59. The van der Waals surface area contributed by atoms with Crippen LogP contribution < -0.4 is 9.75 Å². The van der Waals surface area contributed by atoms with Crippen LogP contribution in [0.2, 0.25) is 0 Å². The number of hydrogen-bond acceptors (Lipinski definition) is 3. The van der Waals surface area contributed by atoms with Gasteiger partial charge in [0, 0.05) is 5.56 Å². The summed E-state index contributed by atoms with van der Waals surface area (Å²) < 4.78 is 6.12. The molecular weight excluding hydrogens is 368 g/mol. The maximum atomic E-state index is 6.12. The summed E-state index contributed by atoms with van der Waals surface area (Å²) in [6, 6.07) is 32.9. The third kappa shape index (κ3) is 4.52. The third-order valence-electron chi connectivity index (χ3n) is 4.99. The molecule has 4 rings (SSSR count). The largest absolute Gasteiger partial charge is 0.493 e. The highest BCUT2D eigenvalue weighted by Gasteiger charge is 2.10. The highest BCUT2D eigenvalue weighted by atomic mass is 16.5. The lowest BCUT2D eigenvalue weighted by Crippen LogP contribution is -2.09. The van der Waals surface area contributed by atoms with Crippen molar-refractivity contribution in [1.29, 1.82) is 0 Å². The lowest BCUT2D eigenvalue weighted by Gasteiger charge is -2.19. The van der Waals surface area contributed by atoms with Gasteiger partial charge in [0.1, 0.15) is 5.75 Å². The van der Waals surface area contributed by atoms with E-state index in [1.807, 2.05) is 47.6 Å². The molecule has 3 nitrogen and oxygen atoms in total. The molecule has 0 fully saturated rings. The van der Waals surface area contributed by atoms with Crippen molar-refractivity contribution in [2.75, 3.05) is 11.6 Å². The lowest BCUT2D eigenvalue weighted by molar-refractivity contribution is 0.309. The molecule has 0 radical (unpaired) electrons. The fourth-order valence-electron chi connectivity index (χ4n) is 3.40. The zero-order chi connectivity index (χ0) is 20.6. The molecule has 0 aromatic heterocycles. The minimum atomic E-state index is 0.705. The molecule has 4 aromatic rings. The van der Waals surface area contributed by atoms with Gasteiger partial charge in [-0.1, -0.05) is 80.1 Å². The topological polar surface area (TPSA) is 24.8 Å². The predicted octanol–water partition coefficient (Wildman–Crippen LogP) is 7.19. The summed E-state index contributed by atoms with van der Waals surface area (Å²) in [4.78, 5) is 0. The first-order valence-corrected chi connectivity index (χ1v) is 10.5. The predicted molar refractivity (Wildman–Crippen MR) is 127 cm³/mol. The normalized spacial score (nSPS) is 11.1. The van der Waals surface area contributed by atoms with Gasteiger partial charge in [-0.2, -0.15) is 5.10 Å². The zero-order valence-corrected chi connectivity index (χ0v) is 17.2. The van der Waals surface area contributed by atoms with Gasteiger partial charge in [-0.15, -0.1) is 0 Å². The molecule has 0 unspecified atom stereocenters. The second kappa shape index (κ2) is 9.75. The van der Waals surface area contributed by atoms with Crippen molar-refractivity contribution in [1.82, 2.24) is 0 Å². The van der Waals surface area contributed by atoms with E-state index < -0.39 is 0 Å². The fraction of sp³-hybridized carbons (Fsp3) is 0.148. The Morgan fingerprint density at radius 1 is 0.767 bits per heavy atom. The minimum Gasteiger partial charge on any atom is -0.493 e. The molecule has 30 heavy (non-hydrogen) atoms. The molecule has 150 valence electrons. The van der Waals surface area contributed by atoms with Crippen LogP contribution in [0.5, 0.6) is 5.75 Å². The smallest absolute Gasteiger partial charge is 0.128 e. The van der Waals surface area contributed by atoms with Crippen LogP contribution in [0.1, 0.15) is 25.3 Å². The fourth-order valence-corrected chi connectivity index (χ4v) is 3.40. The van der Waals surface area contributed by atoms with Crippen LogP contribution in [0.25, 0.3) is 10.8 Å². The molecule has 4 aromatic carbocycles. The monoisotopic (exact) mass is 394 g/mol.